The normalized spacial score (nSPS) is 15.7. The van der Waals surface area contributed by atoms with E-state index < -0.39 is 68.7 Å². The highest BCUT2D eigenvalue weighted by atomic mass is 35.5. The number of ketones is 3. The van der Waals surface area contributed by atoms with Crippen LogP contribution in [0.15, 0.2) is 40.0 Å². The third kappa shape index (κ3) is 12.1. The Bertz CT molecular complexity index is 2280. The van der Waals surface area contributed by atoms with Crippen molar-refractivity contribution in [2.75, 3.05) is 25.7 Å². The molecule has 1 aliphatic heterocycles. The monoisotopic (exact) mass is 857 g/mol. The van der Waals surface area contributed by atoms with Crippen molar-refractivity contribution < 1.29 is 51.8 Å². The molecule has 22 heteroatoms. The van der Waals surface area contributed by atoms with Gasteiger partial charge in [-0.25, -0.2) is 13.2 Å². The van der Waals surface area contributed by atoms with Gasteiger partial charge in [0.25, 0.3) is 5.69 Å². The molecular formula is C34H38Cl2N5O13PS. The van der Waals surface area contributed by atoms with Crippen LogP contribution in [0.4, 0.5) is 5.69 Å². The van der Waals surface area contributed by atoms with Gasteiger partial charge >= 0.3 is 11.7 Å². The van der Waals surface area contributed by atoms with Gasteiger partial charge < -0.3 is 20.5 Å². The molecule has 2 heterocycles. The predicted octanol–water partition coefficient (Wildman–Crippen LogP) is 3.50. The molecular weight excluding hydrogens is 820 g/mol. The number of halogens is 2. The van der Waals surface area contributed by atoms with Crippen molar-refractivity contribution in [3.63, 3.8) is 0 Å². The summed E-state index contributed by atoms with van der Waals surface area (Å²) in [5, 5.41) is 24.5. The highest BCUT2D eigenvalue weighted by molar-refractivity contribution is 7.90. The van der Waals surface area contributed by atoms with Crippen LogP contribution in [-0.4, -0.2) is 92.7 Å². The van der Waals surface area contributed by atoms with E-state index in [9.17, 15) is 47.1 Å². The number of carbonyl (C=O) groups is 4. The van der Waals surface area contributed by atoms with Gasteiger partial charge in [-0.05, 0) is 43.9 Å². The molecule has 2 aromatic carbocycles. The van der Waals surface area contributed by atoms with Crippen LogP contribution >= 0.6 is 30.6 Å². The number of benzene rings is 2. The number of hydrogen-bond acceptors (Lipinski definition) is 13. The Balaban J connectivity index is 0.000000240. The van der Waals surface area contributed by atoms with Crippen LogP contribution in [0.3, 0.4) is 0 Å². The number of aromatic nitrogens is 3. The first-order chi connectivity index (χ1) is 26.1. The summed E-state index contributed by atoms with van der Waals surface area (Å²) in [5.41, 5.74) is 4.15. The second kappa shape index (κ2) is 19.4. The fraction of sp³-hybridized carbons (Fsp3) is 0.412. The summed E-state index contributed by atoms with van der Waals surface area (Å²) in [4.78, 5) is 77.3. The standard InChI is InChI=1S/C15H13Cl2N3O2.C14H13NO7S.C5H12NO4P/c1-2-7-22-13-9-12(10(16)8-11(13)17)20-15(21)19-6-4-3-5-14(19)18-20;1-23(21,22)8-5-6-9(10(7-8)15(19)20)14(18)13-11(16)3-2-4-12(13)17;1-11(9,10)3-2-4(6)5(7)8/h1,8-9H,3-7H2;5-7,13H,2-4H2,1H3;4H,2-3,6H2,1H3,(H,7,8)(H,9,10). The van der Waals surface area contributed by atoms with Crippen LogP contribution in [-0.2, 0) is 41.8 Å². The first-order valence-electron chi connectivity index (χ1n) is 16.7. The van der Waals surface area contributed by atoms with Crippen LogP contribution in [0.25, 0.3) is 5.69 Å². The number of ether oxygens (including phenoxy) is 1. The second-order valence-electron chi connectivity index (χ2n) is 12.7. The molecule has 2 unspecified atom stereocenters. The first kappa shape index (κ1) is 45.7. The van der Waals surface area contributed by atoms with Gasteiger partial charge in [-0.2, -0.15) is 4.68 Å². The number of sulfone groups is 1. The first-order valence-corrected chi connectivity index (χ1v) is 21.6. The van der Waals surface area contributed by atoms with Gasteiger partial charge in [-0.1, -0.05) is 29.1 Å². The molecule has 302 valence electrons. The number of carboxylic acids is 1. The zero-order valence-corrected chi connectivity index (χ0v) is 33.3. The van der Waals surface area contributed by atoms with Gasteiger partial charge in [0, 0.05) is 57.0 Å². The smallest absolute Gasteiger partial charge is 0.350 e. The number of nitrogens with zero attached hydrogens (tertiary/aromatic N) is 4. The Morgan fingerprint density at radius 1 is 1.12 bits per heavy atom. The van der Waals surface area contributed by atoms with E-state index in [0.717, 1.165) is 49.5 Å². The minimum Gasteiger partial charge on any atom is -0.480 e. The van der Waals surface area contributed by atoms with Crippen LogP contribution in [0.5, 0.6) is 5.75 Å². The van der Waals surface area contributed by atoms with Crippen molar-refractivity contribution in [2.24, 2.45) is 11.7 Å². The molecule has 0 bridgehead atoms. The number of aryl methyl sites for hydroxylation is 1. The van der Waals surface area contributed by atoms with Crippen molar-refractivity contribution in [1.82, 2.24) is 14.3 Å². The number of aliphatic carboxylic acids is 1. The number of nitro benzene ring substituents is 1. The van der Waals surface area contributed by atoms with E-state index in [2.05, 4.69) is 11.0 Å². The Labute approximate surface area is 330 Å². The molecule has 4 N–H and O–H groups in total. The Kier molecular flexibility index (Phi) is 15.9. The van der Waals surface area contributed by atoms with E-state index in [-0.39, 0.29) is 42.6 Å². The number of Topliss-reactive ketones (excluding diaryl/α,β-unsaturated/α-hetero) is 3. The second-order valence-corrected chi connectivity index (χ2v) is 18.1. The van der Waals surface area contributed by atoms with Crippen molar-refractivity contribution in [3.8, 4) is 23.8 Å². The predicted molar refractivity (Wildman–Crippen MR) is 204 cm³/mol. The zero-order chi connectivity index (χ0) is 42.1. The van der Waals surface area contributed by atoms with E-state index in [0.29, 0.717) is 34.4 Å². The largest absolute Gasteiger partial charge is 0.480 e. The minimum atomic E-state index is -3.70. The molecule has 1 aliphatic carbocycles. The third-order valence-corrected chi connectivity index (χ3v) is 11.1. The number of terminal acetylenes is 1. The maximum Gasteiger partial charge on any atom is 0.350 e. The molecule has 2 atom stereocenters. The minimum absolute atomic E-state index is 0.0412. The molecule has 0 spiro atoms. The van der Waals surface area contributed by atoms with Crippen LogP contribution in [0, 0.1) is 28.4 Å². The number of carbonyl (C=O) groups excluding carboxylic acids is 3. The SMILES string of the molecule is C#CCOc1cc(-n2nc3n(c2=O)CCCC3)c(Cl)cc1Cl.CP(=O)(O)CCC(N)C(=O)O.CS(=O)(=O)c1ccc(C(=O)C2C(=O)CCCC2=O)c([N+](=O)[O-])c1. The molecule has 56 heavy (non-hydrogen) atoms. The quantitative estimate of drug-likeness (QED) is 0.0622. The number of carboxylic acid groups (broad SMARTS) is 1. The summed E-state index contributed by atoms with van der Waals surface area (Å²) >= 11 is 12.3. The summed E-state index contributed by atoms with van der Waals surface area (Å²) in [6.45, 7) is 1.94. The van der Waals surface area contributed by atoms with E-state index in [1.54, 1.807) is 10.6 Å². The van der Waals surface area contributed by atoms with E-state index >= 15 is 0 Å². The highest BCUT2D eigenvalue weighted by Gasteiger charge is 2.39. The lowest BCUT2D eigenvalue weighted by Gasteiger charge is -2.18. The lowest BCUT2D eigenvalue weighted by atomic mass is 9.81. The number of hydrogen-bond donors (Lipinski definition) is 3. The highest BCUT2D eigenvalue weighted by Crippen LogP contribution is 2.36. The summed E-state index contributed by atoms with van der Waals surface area (Å²) in [6.07, 6.45) is 9.34. The Morgan fingerprint density at radius 2 is 1.77 bits per heavy atom. The molecule has 18 nitrogen and oxygen atoms in total. The number of rotatable bonds is 11. The molecule has 1 saturated carbocycles. The molecule has 3 aromatic rings. The van der Waals surface area contributed by atoms with Crippen LogP contribution in [0.2, 0.25) is 10.0 Å². The lowest BCUT2D eigenvalue weighted by Crippen LogP contribution is -2.35. The molecule has 0 saturated heterocycles. The maximum atomic E-state index is 12.5. The fourth-order valence-corrected chi connectivity index (χ4v) is 7.34. The Hall–Kier alpha value is -4.70. The molecule has 0 radical (unpaired) electrons. The molecule has 0 amide bonds. The van der Waals surface area contributed by atoms with Gasteiger partial charge in [0.2, 0.25) is 0 Å². The van der Waals surface area contributed by atoms with Crippen LogP contribution < -0.4 is 16.2 Å². The van der Waals surface area contributed by atoms with Crippen molar-refractivity contribution >= 4 is 69.4 Å². The van der Waals surface area contributed by atoms with Crippen LogP contribution in [0.1, 0.15) is 54.7 Å². The van der Waals surface area contributed by atoms with Crippen molar-refractivity contribution in [1.29, 1.82) is 0 Å². The average Bonchev–Trinajstić information content (AvgIpc) is 3.45. The Morgan fingerprint density at radius 3 is 2.30 bits per heavy atom. The van der Waals surface area contributed by atoms with Gasteiger partial charge in [-0.15, -0.1) is 11.5 Å². The summed E-state index contributed by atoms with van der Waals surface area (Å²) < 4.78 is 41.9. The lowest BCUT2D eigenvalue weighted by molar-refractivity contribution is -0.385. The number of nitro groups is 1. The zero-order valence-electron chi connectivity index (χ0n) is 30.1. The summed E-state index contributed by atoms with van der Waals surface area (Å²) in [6, 6.07) is 4.87. The average molecular weight is 859 g/mol. The van der Waals surface area contributed by atoms with Gasteiger partial charge in [0.1, 0.15) is 30.1 Å². The van der Waals surface area contributed by atoms with Gasteiger partial charge in [-0.3, -0.25) is 38.4 Å². The summed E-state index contributed by atoms with van der Waals surface area (Å²) in [5.74, 6) is -1.24. The van der Waals surface area contributed by atoms with Gasteiger partial charge in [0.15, 0.2) is 34.6 Å². The summed E-state index contributed by atoms with van der Waals surface area (Å²) in [7, 11) is -6.80. The van der Waals surface area contributed by atoms with E-state index in [4.69, 9.17) is 50.1 Å². The maximum absolute atomic E-state index is 12.5. The fourth-order valence-electron chi connectivity index (χ4n) is 5.42. The third-order valence-electron chi connectivity index (χ3n) is 8.30. The topological polar surface area (TPSA) is 278 Å². The van der Waals surface area contributed by atoms with E-state index in [1.807, 2.05) is 0 Å². The number of nitrogens with two attached hydrogens (primary N) is 1. The van der Waals surface area contributed by atoms with Crippen molar-refractivity contribution in [3.05, 3.63) is 72.4 Å². The van der Waals surface area contributed by atoms with E-state index in [1.165, 1.54) is 17.4 Å². The molecule has 1 fully saturated rings. The van der Waals surface area contributed by atoms with Gasteiger partial charge in [0.05, 0.1) is 31.1 Å². The molecule has 5 rings (SSSR count). The van der Waals surface area contributed by atoms with Crippen molar-refractivity contribution in [2.45, 2.75) is 62.4 Å². The molecule has 2 aliphatic rings. The number of fused-ring (bicyclic) bond motifs is 1. The molecule has 1 aromatic heterocycles.